The lowest BCUT2D eigenvalue weighted by Crippen LogP contribution is -2.15. The summed E-state index contributed by atoms with van der Waals surface area (Å²) in [7, 11) is 0. The molecule has 0 bridgehead atoms. The minimum absolute atomic E-state index is 0.172. The maximum Gasteiger partial charge on any atom is 0.291 e. The minimum atomic E-state index is -0.399. The van der Waals surface area contributed by atoms with E-state index in [1.807, 2.05) is 19.1 Å². The van der Waals surface area contributed by atoms with Gasteiger partial charge in [-0.3, -0.25) is 9.59 Å². The van der Waals surface area contributed by atoms with Crippen molar-refractivity contribution in [3.8, 4) is 0 Å². The first-order valence-corrected chi connectivity index (χ1v) is 8.22. The SMILES string of the molecule is Cc1cccc(NC(=O)c2cccc(NC(=O)c3ccc(Br)o3)c2)n1. The Labute approximate surface area is 152 Å². The topological polar surface area (TPSA) is 84.2 Å². The summed E-state index contributed by atoms with van der Waals surface area (Å²) in [5.74, 6) is -0.0656. The number of nitrogens with zero attached hydrogens (tertiary/aromatic N) is 1. The van der Waals surface area contributed by atoms with Gasteiger partial charge in [0.25, 0.3) is 11.8 Å². The van der Waals surface area contributed by atoms with Gasteiger partial charge in [-0.05, 0) is 65.3 Å². The van der Waals surface area contributed by atoms with Crippen molar-refractivity contribution >= 4 is 39.2 Å². The van der Waals surface area contributed by atoms with Crippen LogP contribution in [0.5, 0.6) is 0 Å². The summed E-state index contributed by atoms with van der Waals surface area (Å²) in [6, 6.07) is 15.2. The molecule has 126 valence electrons. The molecule has 0 fully saturated rings. The van der Waals surface area contributed by atoms with Gasteiger partial charge in [-0.25, -0.2) is 4.98 Å². The number of carbonyl (C=O) groups is 2. The Balaban J connectivity index is 1.72. The van der Waals surface area contributed by atoms with Crippen LogP contribution in [0.25, 0.3) is 0 Å². The van der Waals surface area contributed by atoms with E-state index in [9.17, 15) is 9.59 Å². The highest BCUT2D eigenvalue weighted by Gasteiger charge is 2.12. The van der Waals surface area contributed by atoms with Gasteiger partial charge in [-0.2, -0.15) is 0 Å². The highest BCUT2D eigenvalue weighted by atomic mass is 79.9. The van der Waals surface area contributed by atoms with Gasteiger partial charge in [0.2, 0.25) is 0 Å². The number of furan rings is 1. The van der Waals surface area contributed by atoms with E-state index >= 15 is 0 Å². The van der Waals surface area contributed by atoms with Crippen molar-refractivity contribution in [1.29, 1.82) is 0 Å². The first-order chi connectivity index (χ1) is 12.0. The fourth-order valence-electron chi connectivity index (χ4n) is 2.17. The van der Waals surface area contributed by atoms with Crippen LogP contribution in [0.3, 0.4) is 0 Å². The lowest BCUT2D eigenvalue weighted by atomic mass is 10.2. The monoisotopic (exact) mass is 399 g/mol. The van der Waals surface area contributed by atoms with Crippen LogP contribution in [-0.4, -0.2) is 16.8 Å². The number of hydrogen-bond donors (Lipinski definition) is 2. The summed E-state index contributed by atoms with van der Waals surface area (Å²) in [4.78, 5) is 28.7. The Morgan fingerprint density at radius 2 is 1.80 bits per heavy atom. The Morgan fingerprint density at radius 3 is 2.52 bits per heavy atom. The number of hydrogen-bond acceptors (Lipinski definition) is 4. The molecule has 0 radical (unpaired) electrons. The van der Waals surface area contributed by atoms with E-state index in [2.05, 4.69) is 31.5 Å². The summed E-state index contributed by atoms with van der Waals surface area (Å²) < 4.78 is 5.67. The van der Waals surface area contributed by atoms with Crippen LogP contribution in [0, 0.1) is 6.92 Å². The zero-order chi connectivity index (χ0) is 17.8. The maximum atomic E-state index is 12.3. The van der Waals surface area contributed by atoms with E-state index in [0.717, 1.165) is 5.69 Å². The molecule has 7 heteroatoms. The van der Waals surface area contributed by atoms with E-state index in [1.54, 1.807) is 42.5 Å². The minimum Gasteiger partial charge on any atom is -0.444 e. The Hall–Kier alpha value is -2.93. The van der Waals surface area contributed by atoms with Gasteiger partial charge in [0, 0.05) is 16.9 Å². The molecule has 6 nitrogen and oxygen atoms in total. The van der Waals surface area contributed by atoms with Crippen molar-refractivity contribution in [1.82, 2.24) is 4.98 Å². The molecular formula is C18H14BrN3O3. The van der Waals surface area contributed by atoms with Crippen molar-refractivity contribution in [2.45, 2.75) is 6.92 Å². The molecule has 0 saturated carbocycles. The average molecular weight is 400 g/mol. The zero-order valence-electron chi connectivity index (χ0n) is 13.2. The second-order valence-electron chi connectivity index (χ2n) is 5.26. The van der Waals surface area contributed by atoms with Crippen molar-refractivity contribution in [3.63, 3.8) is 0 Å². The van der Waals surface area contributed by atoms with Gasteiger partial charge in [0.1, 0.15) is 5.82 Å². The average Bonchev–Trinajstić information content (AvgIpc) is 3.02. The molecule has 2 N–H and O–H groups in total. The second-order valence-corrected chi connectivity index (χ2v) is 6.04. The van der Waals surface area contributed by atoms with Gasteiger partial charge in [-0.1, -0.05) is 12.1 Å². The molecule has 0 aliphatic rings. The van der Waals surface area contributed by atoms with Crippen LogP contribution in [0.2, 0.25) is 0 Å². The molecule has 0 unspecified atom stereocenters. The van der Waals surface area contributed by atoms with Gasteiger partial charge in [-0.15, -0.1) is 0 Å². The van der Waals surface area contributed by atoms with Crippen molar-refractivity contribution in [2.24, 2.45) is 0 Å². The fraction of sp³-hybridized carbons (Fsp3) is 0.0556. The Bertz CT molecular complexity index is 937. The van der Waals surface area contributed by atoms with E-state index in [-0.39, 0.29) is 11.7 Å². The van der Waals surface area contributed by atoms with Crippen LogP contribution in [0.1, 0.15) is 26.6 Å². The number of aromatic nitrogens is 1. The lowest BCUT2D eigenvalue weighted by Gasteiger charge is -2.08. The van der Waals surface area contributed by atoms with Gasteiger partial charge < -0.3 is 15.1 Å². The van der Waals surface area contributed by atoms with E-state index in [0.29, 0.717) is 21.7 Å². The molecule has 0 aliphatic carbocycles. The Morgan fingerprint density at radius 1 is 1.00 bits per heavy atom. The zero-order valence-corrected chi connectivity index (χ0v) is 14.8. The summed E-state index contributed by atoms with van der Waals surface area (Å²) in [5, 5.41) is 5.42. The number of halogens is 1. The number of rotatable bonds is 4. The molecule has 2 aromatic heterocycles. The van der Waals surface area contributed by atoms with Crippen LogP contribution in [0.4, 0.5) is 11.5 Å². The molecular weight excluding hydrogens is 386 g/mol. The van der Waals surface area contributed by atoms with Crippen molar-refractivity contribution in [2.75, 3.05) is 10.6 Å². The van der Waals surface area contributed by atoms with Crippen LogP contribution >= 0.6 is 15.9 Å². The summed E-state index contributed by atoms with van der Waals surface area (Å²) in [6.45, 7) is 1.85. The number of carbonyl (C=O) groups excluding carboxylic acids is 2. The third kappa shape index (κ3) is 4.33. The second kappa shape index (κ2) is 7.31. The van der Waals surface area contributed by atoms with E-state index in [4.69, 9.17) is 4.42 Å². The van der Waals surface area contributed by atoms with Crippen LogP contribution < -0.4 is 10.6 Å². The highest BCUT2D eigenvalue weighted by Crippen LogP contribution is 2.17. The number of anilines is 2. The Kier molecular flexibility index (Phi) is 4.95. The number of nitrogens with one attached hydrogen (secondary N) is 2. The smallest absolute Gasteiger partial charge is 0.291 e. The largest absolute Gasteiger partial charge is 0.444 e. The molecule has 25 heavy (non-hydrogen) atoms. The maximum absolute atomic E-state index is 12.3. The third-order valence-electron chi connectivity index (χ3n) is 3.31. The molecule has 2 amide bonds. The lowest BCUT2D eigenvalue weighted by molar-refractivity contribution is 0.0992. The van der Waals surface area contributed by atoms with Gasteiger partial charge in [0.05, 0.1) is 0 Å². The van der Waals surface area contributed by atoms with Crippen LogP contribution in [-0.2, 0) is 0 Å². The van der Waals surface area contributed by atoms with Gasteiger partial charge in [0.15, 0.2) is 10.4 Å². The van der Waals surface area contributed by atoms with E-state index in [1.165, 1.54) is 0 Å². The third-order valence-corrected chi connectivity index (χ3v) is 3.74. The summed E-state index contributed by atoms with van der Waals surface area (Å²) in [5.41, 5.74) is 1.70. The fourth-order valence-corrected chi connectivity index (χ4v) is 2.47. The quantitative estimate of drug-likeness (QED) is 0.686. The van der Waals surface area contributed by atoms with Gasteiger partial charge >= 0.3 is 0 Å². The molecule has 0 saturated heterocycles. The predicted molar refractivity (Wildman–Crippen MR) is 97.7 cm³/mol. The van der Waals surface area contributed by atoms with Crippen molar-refractivity contribution < 1.29 is 14.0 Å². The van der Waals surface area contributed by atoms with Crippen molar-refractivity contribution in [3.05, 3.63) is 76.3 Å². The number of benzene rings is 1. The molecule has 3 rings (SSSR count). The predicted octanol–water partition coefficient (Wildman–Crippen LogP) is 4.25. The number of pyridine rings is 1. The molecule has 1 aromatic carbocycles. The molecule has 0 aliphatic heterocycles. The summed E-state index contributed by atoms with van der Waals surface area (Å²) >= 11 is 3.15. The highest BCUT2D eigenvalue weighted by molar-refractivity contribution is 9.10. The molecule has 0 spiro atoms. The standard InChI is InChI=1S/C18H14BrN3O3/c1-11-4-2-7-16(20-11)22-17(23)12-5-3-6-13(10-12)21-18(24)14-8-9-15(19)25-14/h2-10H,1H3,(H,21,24)(H,20,22,23). The first-order valence-electron chi connectivity index (χ1n) is 7.43. The summed E-state index contributed by atoms with van der Waals surface area (Å²) in [6.07, 6.45) is 0. The number of amides is 2. The molecule has 2 heterocycles. The molecule has 0 atom stereocenters. The first kappa shape index (κ1) is 16.9. The normalized spacial score (nSPS) is 10.3. The molecule has 3 aromatic rings. The van der Waals surface area contributed by atoms with Crippen LogP contribution in [0.15, 0.2) is 63.7 Å². The number of aryl methyl sites for hydroxylation is 1. The van der Waals surface area contributed by atoms with E-state index < -0.39 is 5.91 Å².